The van der Waals surface area contributed by atoms with Gasteiger partial charge in [-0.05, 0) is 53.1 Å². The van der Waals surface area contributed by atoms with Crippen LogP contribution in [0.15, 0.2) is 87.8 Å². The van der Waals surface area contributed by atoms with Crippen molar-refractivity contribution in [1.29, 1.82) is 0 Å². The van der Waals surface area contributed by atoms with Gasteiger partial charge in [0.25, 0.3) is 0 Å². The molecule has 0 atom stereocenters. The van der Waals surface area contributed by atoms with Crippen molar-refractivity contribution in [3.63, 3.8) is 0 Å². The maximum atomic E-state index is 6.24. The molecule has 4 rings (SSSR count). The molecule has 0 aliphatic heterocycles. The van der Waals surface area contributed by atoms with Gasteiger partial charge < -0.3 is 9.47 Å². The quantitative estimate of drug-likeness (QED) is 0.179. The molecule has 0 aliphatic carbocycles. The average Bonchev–Trinajstić information content (AvgIpc) is 3.29. The minimum Gasteiger partial charge on any atom is -0.493 e. The number of thioether (sulfide) groups is 1. The van der Waals surface area contributed by atoms with Gasteiger partial charge >= 0.3 is 0 Å². The molecule has 0 fully saturated rings. The Labute approximate surface area is 209 Å². The van der Waals surface area contributed by atoms with Gasteiger partial charge in [-0.1, -0.05) is 69.6 Å². The van der Waals surface area contributed by atoms with Gasteiger partial charge in [0.1, 0.15) is 12.9 Å². The van der Waals surface area contributed by atoms with Gasteiger partial charge in [0.2, 0.25) is 5.16 Å². The SMILES string of the molecule is COc1cc(/C=N/n2cnnc2SCc2ccccc2Cl)ccc1OCc1ccc(Br)cc1. The Bertz CT molecular complexity index is 1250. The van der Waals surface area contributed by atoms with Gasteiger partial charge in [0, 0.05) is 15.2 Å². The summed E-state index contributed by atoms with van der Waals surface area (Å²) in [7, 11) is 1.62. The monoisotopic (exact) mass is 542 g/mol. The summed E-state index contributed by atoms with van der Waals surface area (Å²) in [5, 5.41) is 14.0. The molecule has 9 heteroatoms. The third-order valence-electron chi connectivity index (χ3n) is 4.64. The van der Waals surface area contributed by atoms with E-state index in [9.17, 15) is 0 Å². The van der Waals surface area contributed by atoms with E-state index in [-0.39, 0.29) is 0 Å². The van der Waals surface area contributed by atoms with Crippen molar-refractivity contribution < 1.29 is 9.47 Å². The standard InChI is InChI=1S/C24H20BrClN4O2S/c1-31-23-12-18(8-11-22(23)32-14-17-6-9-20(25)10-7-17)13-28-30-16-27-29-24(30)33-15-19-4-2-3-5-21(19)26/h2-13,16H,14-15H2,1H3/b28-13+. The molecule has 0 N–H and O–H groups in total. The van der Waals surface area contributed by atoms with Crippen molar-refractivity contribution in [3.05, 3.63) is 99.2 Å². The van der Waals surface area contributed by atoms with E-state index in [2.05, 4.69) is 31.2 Å². The first-order valence-corrected chi connectivity index (χ1v) is 12.1. The highest BCUT2D eigenvalue weighted by atomic mass is 79.9. The van der Waals surface area contributed by atoms with Crippen LogP contribution in [0.2, 0.25) is 5.02 Å². The number of nitrogens with zero attached hydrogens (tertiary/aromatic N) is 4. The Balaban J connectivity index is 1.41. The van der Waals surface area contributed by atoms with E-state index < -0.39 is 0 Å². The molecular formula is C24H20BrClN4O2S. The summed E-state index contributed by atoms with van der Waals surface area (Å²) in [5.74, 6) is 1.97. The molecule has 168 valence electrons. The fraction of sp³-hybridized carbons (Fsp3) is 0.125. The molecule has 0 amide bonds. The summed E-state index contributed by atoms with van der Waals surface area (Å²) >= 11 is 11.2. The van der Waals surface area contributed by atoms with E-state index in [1.165, 1.54) is 11.8 Å². The molecule has 0 aliphatic rings. The lowest BCUT2D eigenvalue weighted by molar-refractivity contribution is 0.284. The molecule has 0 spiro atoms. The molecule has 33 heavy (non-hydrogen) atoms. The van der Waals surface area contributed by atoms with Crippen LogP contribution in [-0.4, -0.2) is 28.2 Å². The first kappa shape index (κ1) is 23.4. The molecule has 3 aromatic carbocycles. The zero-order chi connectivity index (χ0) is 23.0. The lowest BCUT2D eigenvalue weighted by Gasteiger charge is -2.11. The Morgan fingerprint density at radius 1 is 1.09 bits per heavy atom. The predicted molar refractivity (Wildman–Crippen MR) is 135 cm³/mol. The second kappa shape index (κ2) is 11.4. The number of benzene rings is 3. The van der Waals surface area contributed by atoms with Crippen LogP contribution in [0.4, 0.5) is 0 Å². The van der Waals surface area contributed by atoms with Gasteiger partial charge in [-0.15, -0.1) is 10.2 Å². The van der Waals surface area contributed by atoms with E-state index in [0.717, 1.165) is 26.2 Å². The van der Waals surface area contributed by atoms with Gasteiger partial charge in [-0.3, -0.25) is 0 Å². The number of rotatable bonds is 9. The Kier molecular flexibility index (Phi) is 8.04. The number of halogens is 2. The van der Waals surface area contributed by atoms with Crippen molar-refractivity contribution in [2.24, 2.45) is 5.10 Å². The smallest absolute Gasteiger partial charge is 0.212 e. The third-order valence-corrected chi connectivity index (χ3v) is 6.52. The molecule has 0 bridgehead atoms. The van der Waals surface area contributed by atoms with Crippen molar-refractivity contribution in [1.82, 2.24) is 14.9 Å². The van der Waals surface area contributed by atoms with Crippen molar-refractivity contribution in [2.45, 2.75) is 17.5 Å². The minimum absolute atomic E-state index is 0.448. The first-order valence-electron chi connectivity index (χ1n) is 9.98. The molecule has 6 nitrogen and oxygen atoms in total. The number of methoxy groups -OCH3 is 1. The summed E-state index contributed by atoms with van der Waals surface area (Å²) in [6.45, 7) is 0.448. The molecule has 4 aromatic rings. The lowest BCUT2D eigenvalue weighted by Crippen LogP contribution is -1.99. The van der Waals surface area contributed by atoms with Gasteiger partial charge in [0.15, 0.2) is 11.5 Å². The second-order valence-corrected chi connectivity index (χ2v) is 9.17. The Morgan fingerprint density at radius 3 is 2.70 bits per heavy atom. The molecule has 1 aromatic heterocycles. The highest BCUT2D eigenvalue weighted by Gasteiger charge is 2.08. The number of ether oxygens (including phenoxy) is 2. The maximum Gasteiger partial charge on any atom is 0.212 e. The summed E-state index contributed by atoms with van der Waals surface area (Å²) in [6, 6.07) is 21.4. The predicted octanol–water partition coefficient (Wildman–Crippen LogP) is 6.46. The number of hydrogen-bond acceptors (Lipinski definition) is 6. The summed E-state index contributed by atoms with van der Waals surface area (Å²) in [6.07, 6.45) is 3.29. The largest absolute Gasteiger partial charge is 0.493 e. The van der Waals surface area contributed by atoms with Gasteiger partial charge in [-0.25, -0.2) is 0 Å². The minimum atomic E-state index is 0.448. The van der Waals surface area contributed by atoms with Crippen molar-refractivity contribution in [3.8, 4) is 11.5 Å². The second-order valence-electron chi connectivity index (χ2n) is 6.91. The highest BCUT2D eigenvalue weighted by Crippen LogP contribution is 2.29. The summed E-state index contributed by atoms with van der Waals surface area (Å²) in [4.78, 5) is 0. The third kappa shape index (κ3) is 6.37. The Morgan fingerprint density at radius 2 is 1.91 bits per heavy atom. The van der Waals surface area contributed by atoms with Crippen LogP contribution in [0.1, 0.15) is 16.7 Å². The maximum absolute atomic E-state index is 6.24. The van der Waals surface area contributed by atoms with Crippen LogP contribution in [-0.2, 0) is 12.4 Å². The average molecular weight is 544 g/mol. The molecule has 0 saturated heterocycles. The van der Waals surface area contributed by atoms with Crippen LogP contribution in [0, 0.1) is 0 Å². The normalized spacial score (nSPS) is 11.1. The van der Waals surface area contributed by atoms with E-state index in [0.29, 0.717) is 29.0 Å². The van der Waals surface area contributed by atoms with Gasteiger partial charge in [0.05, 0.1) is 13.3 Å². The zero-order valence-electron chi connectivity index (χ0n) is 17.7. The van der Waals surface area contributed by atoms with E-state index >= 15 is 0 Å². The van der Waals surface area contributed by atoms with Crippen LogP contribution in [0.5, 0.6) is 11.5 Å². The number of hydrogen-bond donors (Lipinski definition) is 0. The van der Waals surface area contributed by atoms with Crippen molar-refractivity contribution in [2.75, 3.05) is 7.11 Å². The summed E-state index contributed by atoms with van der Waals surface area (Å²) in [5.41, 5.74) is 2.96. The Hall–Kier alpha value is -2.81. The zero-order valence-corrected chi connectivity index (χ0v) is 20.8. The van der Waals surface area contributed by atoms with Crippen LogP contribution in [0.25, 0.3) is 0 Å². The van der Waals surface area contributed by atoms with Crippen LogP contribution < -0.4 is 9.47 Å². The first-order chi connectivity index (χ1) is 16.1. The molecule has 0 radical (unpaired) electrons. The fourth-order valence-corrected chi connectivity index (χ4v) is 4.32. The highest BCUT2D eigenvalue weighted by molar-refractivity contribution is 9.10. The molecule has 0 unspecified atom stereocenters. The van der Waals surface area contributed by atoms with Crippen LogP contribution >= 0.6 is 39.3 Å². The molecular weight excluding hydrogens is 524 g/mol. The van der Waals surface area contributed by atoms with E-state index in [1.54, 1.807) is 24.3 Å². The van der Waals surface area contributed by atoms with Crippen molar-refractivity contribution >= 4 is 45.5 Å². The van der Waals surface area contributed by atoms with Gasteiger partial charge in [-0.2, -0.15) is 9.78 Å². The lowest BCUT2D eigenvalue weighted by atomic mass is 10.2. The van der Waals surface area contributed by atoms with E-state index in [4.69, 9.17) is 21.1 Å². The van der Waals surface area contributed by atoms with Crippen LogP contribution in [0.3, 0.4) is 0 Å². The fourth-order valence-electron chi connectivity index (χ4n) is 2.91. The number of aromatic nitrogens is 3. The molecule has 1 heterocycles. The summed E-state index contributed by atoms with van der Waals surface area (Å²) < 4.78 is 14.1. The topological polar surface area (TPSA) is 61.5 Å². The van der Waals surface area contributed by atoms with E-state index in [1.807, 2.05) is 66.7 Å². The molecule has 0 saturated carbocycles.